The quantitative estimate of drug-likeness (QED) is 0.519. The van der Waals surface area contributed by atoms with Crippen LogP contribution in [0, 0.1) is 0 Å². The Kier molecular flexibility index (Phi) is 6.27. The minimum Gasteiger partial charge on any atom is -0.478 e. The molecule has 1 N–H and O–H groups in total. The van der Waals surface area contributed by atoms with Crippen molar-refractivity contribution in [3.8, 4) is 0 Å². The molecule has 16 heavy (non-hydrogen) atoms. The molecule has 0 saturated heterocycles. The SMILES string of the molecule is C=CC(=O)OCC(C)OC(=O)C=CC(=O)O. The van der Waals surface area contributed by atoms with Gasteiger partial charge in [-0.25, -0.2) is 14.4 Å². The van der Waals surface area contributed by atoms with Gasteiger partial charge in [0.05, 0.1) is 0 Å². The molecule has 0 amide bonds. The molecule has 0 saturated carbocycles. The molecule has 0 rings (SSSR count). The predicted molar refractivity (Wildman–Crippen MR) is 53.5 cm³/mol. The van der Waals surface area contributed by atoms with Gasteiger partial charge in [-0.15, -0.1) is 0 Å². The summed E-state index contributed by atoms with van der Waals surface area (Å²) in [5, 5.41) is 8.23. The highest BCUT2D eigenvalue weighted by atomic mass is 16.6. The van der Waals surface area contributed by atoms with E-state index in [9.17, 15) is 14.4 Å². The summed E-state index contributed by atoms with van der Waals surface area (Å²) in [7, 11) is 0. The Morgan fingerprint density at radius 2 is 1.94 bits per heavy atom. The molecule has 0 spiro atoms. The Bertz CT molecular complexity index is 317. The fourth-order valence-corrected chi connectivity index (χ4v) is 0.669. The van der Waals surface area contributed by atoms with Crippen molar-refractivity contribution in [1.82, 2.24) is 0 Å². The summed E-state index contributed by atoms with van der Waals surface area (Å²) in [4.78, 5) is 31.7. The van der Waals surface area contributed by atoms with Crippen LogP contribution in [0.25, 0.3) is 0 Å². The van der Waals surface area contributed by atoms with Crippen molar-refractivity contribution < 1.29 is 29.0 Å². The first-order valence-corrected chi connectivity index (χ1v) is 4.36. The van der Waals surface area contributed by atoms with Gasteiger partial charge in [-0.3, -0.25) is 0 Å². The number of carboxylic acid groups (broad SMARTS) is 1. The van der Waals surface area contributed by atoms with E-state index in [2.05, 4.69) is 11.3 Å². The first kappa shape index (κ1) is 13.9. The number of carbonyl (C=O) groups excluding carboxylic acids is 2. The van der Waals surface area contributed by atoms with Gasteiger partial charge in [0, 0.05) is 18.2 Å². The van der Waals surface area contributed by atoms with Gasteiger partial charge in [0.25, 0.3) is 0 Å². The van der Waals surface area contributed by atoms with E-state index < -0.39 is 24.0 Å². The van der Waals surface area contributed by atoms with Crippen LogP contribution in [-0.4, -0.2) is 35.7 Å². The van der Waals surface area contributed by atoms with E-state index in [4.69, 9.17) is 9.84 Å². The highest BCUT2D eigenvalue weighted by molar-refractivity contribution is 5.90. The molecule has 0 aromatic heterocycles. The average molecular weight is 228 g/mol. The standard InChI is InChI=1S/C10H12O6/c1-3-9(13)15-6-7(2)16-10(14)5-4-8(11)12/h3-5,7H,1,6H2,2H3,(H,11,12). The van der Waals surface area contributed by atoms with Gasteiger partial charge >= 0.3 is 17.9 Å². The second-order valence-corrected chi connectivity index (χ2v) is 2.75. The number of ether oxygens (including phenoxy) is 2. The van der Waals surface area contributed by atoms with Crippen molar-refractivity contribution >= 4 is 17.9 Å². The smallest absolute Gasteiger partial charge is 0.331 e. The first-order chi connectivity index (χ1) is 7.45. The number of aliphatic carboxylic acids is 1. The molecule has 0 aliphatic carbocycles. The molecule has 0 fully saturated rings. The fraction of sp³-hybridized carbons (Fsp3) is 0.300. The molecule has 1 unspecified atom stereocenters. The van der Waals surface area contributed by atoms with Crippen LogP contribution in [-0.2, 0) is 23.9 Å². The molecule has 0 aliphatic rings. The molecule has 6 heteroatoms. The Labute approximate surface area is 92.2 Å². The lowest BCUT2D eigenvalue weighted by atomic mass is 10.4. The van der Waals surface area contributed by atoms with E-state index in [-0.39, 0.29) is 6.61 Å². The van der Waals surface area contributed by atoms with Gasteiger partial charge in [-0.2, -0.15) is 0 Å². The third kappa shape index (κ3) is 7.31. The maximum atomic E-state index is 10.9. The van der Waals surface area contributed by atoms with E-state index >= 15 is 0 Å². The molecule has 88 valence electrons. The molecule has 0 radical (unpaired) electrons. The summed E-state index contributed by atoms with van der Waals surface area (Å²) >= 11 is 0. The lowest BCUT2D eigenvalue weighted by molar-refractivity contribution is -0.151. The summed E-state index contributed by atoms with van der Waals surface area (Å²) in [5.74, 6) is -2.68. The van der Waals surface area contributed by atoms with Crippen LogP contribution in [0.1, 0.15) is 6.92 Å². The largest absolute Gasteiger partial charge is 0.478 e. The molecule has 0 bridgehead atoms. The van der Waals surface area contributed by atoms with Gasteiger partial charge in [-0.05, 0) is 6.92 Å². The summed E-state index contributed by atoms with van der Waals surface area (Å²) in [6.45, 7) is 4.58. The minimum atomic E-state index is -1.25. The Balaban J connectivity index is 3.91. The minimum absolute atomic E-state index is 0.114. The van der Waals surface area contributed by atoms with Crippen molar-refractivity contribution in [3.63, 3.8) is 0 Å². The van der Waals surface area contributed by atoms with Gasteiger partial charge in [0.15, 0.2) is 0 Å². The Morgan fingerprint density at radius 3 is 2.44 bits per heavy atom. The summed E-state index contributed by atoms with van der Waals surface area (Å²) < 4.78 is 9.30. The van der Waals surface area contributed by atoms with Crippen molar-refractivity contribution in [2.24, 2.45) is 0 Å². The van der Waals surface area contributed by atoms with Crippen LogP contribution in [0.15, 0.2) is 24.8 Å². The molecule has 1 atom stereocenters. The van der Waals surface area contributed by atoms with Crippen LogP contribution in [0.5, 0.6) is 0 Å². The zero-order valence-corrected chi connectivity index (χ0v) is 8.71. The zero-order valence-electron chi connectivity index (χ0n) is 8.71. The fourth-order valence-electron chi connectivity index (χ4n) is 0.669. The second-order valence-electron chi connectivity index (χ2n) is 2.75. The topological polar surface area (TPSA) is 89.9 Å². The molecule has 0 heterocycles. The van der Waals surface area contributed by atoms with Crippen LogP contribution < -0.4 is 0 Å². The monoisotopic (exact) mass is 228 g/mol. The number of hydrogen-bond donors (Lipinski definition) is 1. The maximum Gasteiger partial charge on any atom is 0.331 e. The van der Waals surface area contributed by atoms with Crippen LogP contribution >= 0.6 is 0 Å². The van der Waals surface area contributed by atoms with Crippen LogP contribution in [0.2, 0.25) is 0 Å². The highest BCUT2D eigenvalue weighted by Crippen LogP contribution is 1.95. The van der Waals surface area contributed by atoms with Gasteiger partial charge in [-0.1, -0.05) is 6.58 Å². The molecule has 6 nitrogen and oxygen atoms in total. The van der Waals surface area contributed by atoms with E-state index in [1.165, 1.54) is 6.92 Å². The van der Waals surface area contributed by atoms with E-state index in [0.29, 0.717) is 6.08 Å². The van der Waals surface area contributed by atoms with E-state index in [1.807, 2.05) is 0 Å². The lowest BCUT2D eigenvalue weighted by Gasteiger charge is -2.10. The zero-order chi connectivity index (χ0) is 12.6. The van der Waals surface area contributed by atoms with Crippen molar-refractivity contribution in [2.45, 2.75) is 13.0 Å². The normalized spacial score (nSPS) is 11.8. The molecular weight excluding hydrogens is 216 g/mol. The Hall–Kier alpha value is -2.11. The third-order valence-corrected chi connectivity index (χ3v) is 1.31. The summed E-state index contributed by atoms with van der Waals surface area (Å²) in [6, 6.07) is 0. The highest BCUT2D eigenvalue weighted by Gasteiger charge is 2.09. The molecule has 0 aromatic rings. The second kappa shape index (κ2) is 7.22. The number of esters is 2. The van der Waals surface area contributed by atoms with Crippen molar-refractivity contribution in [2.75, 3.05) is 6.61 Å². The molecular formula is C10H12O6. The number of rotatable bonds is 6. The first-order valence-electron chi connectivity index (χ1n) is 4.36. The summed E-state index contributed by atoms with van der Waals surface area (Å²) in [6.07, 6.45) is 1.76. The number of carboxylic acids is 1. The molecule has 0 aromatic carbocycles. The van der Waals surface area contributed by atoms with Gasteiger partial charge in [0.2, 0.25) is 0 Å². The lowest BCUT2D eigenvalue weighted by Crippen LogP contribution is -2.20. The third-order valence-electron chi connectivity index (χ3n) is 1.31. The number of carbonyl (C=O) groups is 3. The predicted octanol–water partition coefficient (Wildman–Crippen LogP) is 0.288. The van der Waals surface area contributed by atoms with Crippen LogP contribution in [0.4, 0.5) is 0 Å². The van der Waals surface area contributed by atoms with Gasteiger partial charge in [0.1, 0.15) is 12.7 Å². The van der Waals surface area contributed by atoms with Gasteiger partial charge < -0.3 is 14.6 Å². The van der Waals surface area contributed by atoms with Crippen LogP contribution in [0.3, 0.4) is 0 Å². The van der Waals surface area contributed by atoms with Crippen molar-refractivity contribution in [1.29, 1.82) is 0 Å². The van der Waals surface area contributed by atoms with E-state index in [0.717, 1.165) is 12.2 Å². The molecule has 0 aliphatic heterocycles. The Morgan fingerprint density at radius 1 is 1.31 bits per heavy atom. The number of hydrogen-bond acceptors (Lipinski definition) is 5. The maximum absolute atomic E-state index is 10.9. The van der Waals surface area contributed by atoms with E-state index in [1.54, 1.807) is 0 Å². The van der Waals surface area contributed by atoms with Crippen molar-refractivity contribution in [3.05, 3.63) is 24.8 Å². The summed E-state index contributed by atoms with van der Waals surface area (Å²) in [5.41, 5.74) is 0. The average Bonchev–Trinajstić information content (AvgIpc) is 2.23.